The molecule has 2 heterocycles. The molecule has 9 heteroatoms. The Morgan fingerprint density at radius 2 is 1.96 bits per heavy atom. The van der Waals surface area contributed by atoms with Gasteiger partial charge in [0.25, 0.3) is 5.92 Å². The van der Waals surface area contributed by atoms with Gasteiger partial charge in [-0.2, -0.15) is 0 Å². The fraction of sp³-hybridized carbons (Fsp3) is 0.467. The highest BCUT2D eigenvalue weighted by Gasteiger charge is 2.34. The Hall–Kier alpha value is -1.80. The minimum absolute atomic E-state index is 0.132. The summed E-state index contributed by atoms with van der Waals surface area (Å²) < 4.78 is 46.1. The first-order chi connectivity index (χ1) is 11.4. The van der Waals surface area contributed by atoms with Crippen LogP contribution >= 0.6 is 11.6 Å². The molecule has 1 aliphatic heterocycles. The van der Waals surface area contributed by atoms with Crippen molar-refractivity contribution in [2.75, 3.05) is 13.1 Å². The molecule has 1 saturated heterocycles. The van der Waals surface area contributed by atoms with Crippen molar-refractivity contribution in [1.29, 1.82) is 0 Å². The van der Waals surface area contributed by atoms with Gasteiger partial charge < -0.3 is 0 Å². The topological polar surface area (TPSA) is 51.3 Å². The quantitative estimate of drug-likeness (QED) is 0.840. The number of alkyl halides is 2. The first kappa shape index (κ1) is 17.0. The Balaban J connectivity index is 1.79. The second kappa shape index (κ2) is 6.60. The zero-order valence-electron chi connectivity index (χ0n) is 12.6. The predicted molar refractivity (Wildman–Crippen MR) is 80.7 cm³/mol. The van der Waals surface area contributed by atoms with Crippen LogP contribution in [-0.2, 0) is 13.1 Å². The second-order valence-electron chi connectivity index (χ2n) is 5.78. The zero-order valence-corrected chi connectivity index (χ0v) is 13.4. The van der Waals surface area contributed by atoms with Crippen molar-refractivity contribution >= 4 is 11.6 Å². The van der Waals surface area contributed by atoms with Gasteiger partial charge in [-0.1, -0.05) is 22.8 Å². The Morgan fingerprint density at radius 1 is 1.25 bits per heavy atom. The van der Waals surface area contributed by atoms with Crippen LogP contribution in [-0.4, -0.2) is 33.6 Å². The Morgan fingerprint density at radius 3 is 2.62 bits per heavy atom. The van der Waals surface area contributed by atoms with Gasteiger partial charge in [-0.05, 0) is 12.1 Å². The first-order valence-corrected chi connectivity index (χ1v) is 7.82. The van der Waals surface area contributed by atoms with Gasteiger partial charge in [0.1, 0.15) is 5.82 Å². The van der Waals surface area contributed by atoms with Crippen LogP contribution < -0.4 is 5.76 Å². The van der Waals surface area contributed by atoms with Gasteiger partial charge in [0.05, 0.1) is 13.1 Å². The van der Waals surface area contributed by atoms with Crippen LogP contribution in [0.3, 0.4) is 0 Å². The second-order valence-corrected chi connectivity index (χ2v) is 6.19. The summed E-state index contributed by atoms with van der Waals surface area (Å²) in [4.78, 5) is 13.6. The molecule has 0 unspecified atom stereocenters. The molecular weight excluding hydrogens is 347 g/mol. The highest BCUT2D eigenvalue weighted by atomic mass is 35.5. The summed E-state index contributed by atoms with van der Waals surface area (Å²) in [5.74, 6) is -3.68. The molecule has 0 bridgehead atoms. The van der Waals surface area contributed by atoms with Crippen molar-refractivity contribution in [3.63, 3.8) is 0 Å². The number of aromatic nitrogens is 2. The molecule has 3 rings (SSSR count). The number of hydrogen-bond acceptors (Lipinski definition) is 4. The molecule has 130 valence electrons. The lowest BCUT2D eigenvalue weighted by atomic mass is 10.1. The van der Waals surface area contributed by atoms with Crippen LogP contribution in [0.5, 0.6) is 0 Å². The molecule has 0 N–H and O–H groups in total. The normalized spacial score (nSPS) is 18.0. The average Bonchev–Trinajstić information content (AvgIpc) is 2.86. The van der Waals surface area contributed by atoms with E-state index in [1.54, 1.807) is 4.90 Å². The summed E-state index contributed by atoms with van der Waals surface area (Å²) >= 11 is 5.97. The highest BCUT2D eigenvalue weighted by molar-refractivity contribution is 6.31. The third-order valence-electron chi connectivity index (χ3n) is 4.09. The van der Waals surface area contributed by atoms with Crippen LogP contribution in [0.2, 0.25) is 5.02 Å². The molecule has 0 amide bonds. The molecule has 1 aromatic heterocycles. The average molecular weight is 362 g/mol. The van der Waals surface area contributed by atoms with E-state index < -0.39 is 17.5 Å². The fourth-order valence-electron chi connectivity index (χ4n) is 2.65. The highest BCUT2D eigenvalue weighted by Crippen LogP contribution is 2.28. The van der Waals surface area contributed by atoms with Crippen LogP contribution in [0.4, 0.5) is 13.2 Å². The van der Waals surface area contributed by atoms with Crippen LogP contribution in [0, 0.1) is 5.82 Å². The van der Waals surface area contributed by atoms with E-state index in [1.165, 1.54) is 18.2 Å². The van der Waals surface area contributed by atoms with E-state index in [4.69, 9.17) is 11.6 Å². The predicted octanol–water partition coefficient (Wildman–Crippen LogP) is 2.91. The van der Waals surface area contributed by atoms with E-state index in [-0.39, 0.29) is 55.4 Å². The molecule has 0 radical (unpaired) electrons. The number of nitrogens with zero attached hydrogens (tertiary/aromatic N) is 3. The summed E-state index contributed by atoms with van der Waals surface area (Å²) in [6.07, 6.45) is -0.484. The summed E-state index contributed by atoms with van der Waals surface area (Å²) in [6.45, 7) is 0.421. The van der Waals surface area contributed by atoms with Gasteiger partial charge in [-0.3, -0.25) is 14.0 Å². The fourth-order valence-corrected chi connectivity index (χ4v) is 2.87. The summed E-state index contributed by atoms with van der Waals surface area (Å²) in [5.41, 5.74) is 0.149. The summed E-state index contributed by atoms with van der Waals surface area (Å²) in [5, 5.41) is 3.87. The molecule has 1 fully saturated rings. The lowest BCUT2D eigenvalue weighted by Crippen LogP contribution is -2.39. The minimum Gasteiger partial charge on any atom is -0.296 e. The van der Waals surface area contributed by atoms with Crippen LogP contribution in [0.25, 0.3) is 0 Å². The van der Waals surface area contributed by atoms with Crippen molar-refractivity contribution in [3.8, 4) is 0 Å². The SMILES string of the molecule is O=c1onc(CN2CCC(F)(F)CC2)n1Cc1c(F)cccc1Cl. The minimum atomic E-state index is -2.65. The number of halogens is 4. The third-order valence-corrected chi connectivity index (χ3v) is 4.45. The van der Waals surface area contributed by atoms with Gasteiger partial charge in [0.2, 0.25) is 0 Å². The van der Waals surface area contributed by atoms with Gasteiger partial charge >= 0.3 is 5.76 Å². The monoisotopic (exact) mass is 361 g/mol. The van der Waals surface area contributed by atoms with Crippen LogP contribution in [0.1, 0.15) is 24.2 Å². The van der Waals surface area contributed by atoms with Gasteiger partial charge in [0, 0.05) is 36.5 Å². The molecule has 1 aromatic carbocycles. The molecule has 0 spiro atoms. The summed E-state index contributed by atoms with van der Waals surface area (Å²) in [6, 6.07) is 4.23. The van der Waals surface area contributed by atoms with E-state index in [1.807, 2.05) is 0 Å². The number of benzene rings is 1. The number of piperidine rings is 1. The maximum Gasteiger partial charge on any atom is 0.441 e. The van der Waals surface area contributed by atoms with Crippen LogP contribution in [0.15, 0.2) is 27.5 Å². The molecule has 0 saturated carbocycles. The van der Waals surface area contributed by atoms with E-state index >= 15 is 0 Å². The van der Waals surface area contributed by atoms with Crippen molar-refractivity contribution in [3.05, 3.63) is 51.0 Å². The first-order valence-electron chi connectivity index (χ1n) is 7.44. The maximum atomic E-state index is 13.9. The lowest BCUT2D eigenvalue weighted by molar-refractivity contribution is -0.0572. The van der Waals surface area contributed by atoms with Crippen molar-refractivity contribution in [2.24, 2.45) is 0 Å². The van der Waals surface area contributed by atoms with Crippen molar-refractivity contribution < 1.29 is 17.7 Å². The summed E-state index contributed by atoms with van der Waals surface area (Å²) in [7, 11) is 0. The third kappa shape index (κ3) is 3.64. The molecule has 0 aliphatic carbocycles. The largest absolute Gasteiger partial charge is 0.441 e. The number of likely N-dealkylation sites (tertiary alicyclic amines) is 1. The number of rotatable bonds is 4. The molecule has 2 aromatic rings. The van der Waals surface area contributed by atoms with Gasteiger partial charge in [0.15, 0.2) is 5.82 Å². The Kier molecular flexibility index (Phi) is 4.69. The molecule has 0 atom stereocenters. The van der Waals surface area contributed by atoms with Crippen molar-refractivity contribution in [1.82, 2.24) is 14.6 Å². The van der Waals surface area contributed by atoms with E-state index in [0.717, 1.165) is 4.57 Å². The Labute approximate surface area is 140 Å². The zero-order chi connectivity index (χ0) is 17.3. The number of hydrogen-bond donors (Lipinski definition) is 0. The Bertz CT molecular complexity index is 760. The van der Waals surface area contributed by atoms with E-state index in [9.17, 15) is 18.0 Å². The molecule has 1 aliphatic rings. The van der Waals surface area contributed by atoms with Gasteiger partial charge in [-0.25, -0.2) is 18.0 Å². The maximum absolute atomic E-state index is 13.9. The molecule has 5 nitrogen and oxygen atoms in total. The molecular formula is C15H15ClF3N3O2. The standard InChI is InChI=1S/C15H15ClF3N3O2/c16-11-2-1-3-12(17)10(11)8-22-13(20-24-14(22)23)9-21-6-4-15(18,19)5-7-21/h1-3H,4-9H2. The lowest BCUT2D eigenvalue weighted by Gasteiger charge is -2.31. The van der Waals surface area contributed by atoms with Gasteiger partial charge in [-0.15, -0.1) is 0 Å². The van der Waals surface area contributed by atoms with Crippen molar-refractivity contribution in [2.45, 2.75) is 31.9 Å². The van der Waals surface area contributed by atoms with E-state index in [0.29, 0.717) is 0 Å². The molecule has 24 heavy (non-hydrogen) atoms. The van der Waals surface area contributed by atoms with E-state index in [2.05, 4.69) is 9.68 Å². The smallest absolute Gasteiger partial charge is 0.296 e.